The van der Waals surface area contributed by atoms with Crippen LogP contribution in [0.4, 0.5) is 0 Å². The lowest BCUT2D eigenvalue weighted by Gasteiger charge is -2.23. The maximum Gasteiger partial charge on any atom is 0.472 e. The predicted octanol–water partition coefficient (Wildman–Crippen LogP) is 8.93. The quantitative estimate of drug-likeness (QED) is 0.0331. The number of hydrogen-bond acceptors (Lipinski definition) is 6. The topological polar surface area (TPSA) is 131 Å². The van der Waals surface area contributed by atoms with Gasteiger partial charge in [-0.1, -0.05) is 132 Å². The molecule has 0 spiro atoms. The van der Waals surface area contributed by atoms with Crippen molar-refractivity contribution in [1.82, 2.24) is 5.32 Å². The monoisotopic (exact) mass is 664 g/mol. The van der Waals surface area contributed by atoms with E-state index in [0.29, 0.717) is 6.42 Å². The Hall–Kier alpha value is -2.06. The van der Waals surface area contributed by atoms with Crippen molar-refractivity contribution in [2.45, 2.75) is 135 Å². The Balaban J connectivity index is 4.48. The van der Waals surface area contributed by atoms with Gasteiger partial charge in [0.05, 0.1) is 25.4 Å². The van der Waals surface area contributed by atoms with E-state index in [1.165, 1.54) is 38.5 Å². The van der Waals surface area contributed by atoms with Gasteiger partial charge in [0.2, 0.25) is 5.91 Å². The molecule has 46 heavy (non-hydrogen) atoms. The molecule has 0 fully saturated rings. The average Bonchev–Trinajstić information content (AvgIpc) is 3.04. The van der Waals surface area contributed by atoms with Crippen LogP contribution in [-0.4, -0.2) is 47.8 Å². The fourth-order valence-electron chi connectivity index (χ4n) is 4.40. The molecule has 3 atom stereocenters. The van der Waals surface area contributed by atoms with E-state index < -0.39 is 20.0 Å². The molecule has 5 N–H and O–H groups in total. The number of aliphatic hydroxyl groups is 1. The maximum absolute atomic E-state index is 12.6. The van der Waals surface area contributed by atoms with Crippen LogP contribution in [0.3, 0.4) is 0 Å². The summed E-state index contributed by atoms with van der Waals surface area (Å²) in [5.41, 5.74) is 5.33. The van der Waals surface area contributed by atoms with Crippen molar-refractivity contribution in [2.75, 3.05) is 19.8 Å². The minimum absolute atomic E-state index is 0.0655. The zero-order chi connectivity index (χ0) is 34.0. The van der Waals surface area contributed by atoms with Crippen molar-refractivity contribution in [2.24, 2.45) is 5.73 Å². The van der Waals surface area contributed by atoms with Gasteiger partial charge in [-0.15, -0.1) is 0 Å². The number of nitrogens with one attached hydrogen (secondary N) is 1. The van der Waals surface area contributed by atoms with Gasteiger partial charge < -0.3 is 21.1 Å². The summed E-state index contributed by atoms with van der Waals surface area (Å²) in [5, 5.41) is 13.5. The number of aliphatic hydroxyl groups excluding tert-OH is 1. The summed E-state index contributed by atoms with van der Waals surface area (Å²) in [6.45, 7) is 3.91. The third kappa shape index (κ3) is 30.6. The zero-order valence-electron chi connectivity index (χ0n) is 28.8. The second-order valence-corrected chi connectivity index (χ2v) is 12.8. The van der Waals surface area contributed by atoms with E-state index in [1.807, 2.05) is 6.08 Å². The fourth-order valence-corrected chi connectivity index (χ4v) is 5.16. The highest BCUT2D eigenvalue weighted by atomic mass is 31.2. The van der Waals surface area contributed by atoms with Gasteiger partial charge in [-0.05, 0) is 57.8 Å². The highest BCUT2D eigenvalue weighted by Gasteiger charge is 2.26. The van der Waals surface area contributed by atoms with E-state index in [9.17, 15) is 19.4 Å². The minimum Gasteiger partial charge on any atom is -0.387 e. The van der Waals surface area contributed by atoms with E-state index in [4.69, 9.17) is 14.8 Å². The van der Waals surface area contributed by atoms with Gasteiger partial charge in [-0.3, -0.25) is 13.8 Å². The van der Waals surface area contributed by atoms with E-state index >= 15 is 0 Å². The van der Waals surface area contributed by atoms with Gasteiger partial charge in [-0.25, -0.2) is 4.57 Å². The molecular formula is C37H65N2O6P. The number of phosphoric ester groups is 1. The summed E-state index contributed by atoms with van der Waals surface area (Å²) >= 11 is 0. The molecule has 0 bridgehead atoms. The number of carbonyl (C=O) groups excluding carboxylic acids is 1. The van der Waals surface area contributed by atoms with E-state index in [1.54, 1.807) is 6.08 Å². The van der Waals surface area contributed by atoms with Crippen molar-refractivity contribution in [3.63, 3.8) is 0 Å². The molecule has 3 unspecified atom stereocenters. The largest absolute Gasteiger partial charge is 0.472 e. The first-order valence-corrected chi connectivity index (χ1v) is 19.1. The molecule has 0 aliphatic carbocycles. The minimum atomic E-state index is -4.35. The molecule has 9 heteroatoms. The van der Waals surface area contributed by atoms with Crippen LogP contribution in [0.25, 0.3) is 0 Å². The number of amides is 1. The number of phosphoric acid groups is 1. The normalized spacial score (nSPS) is 15.3. The van der Waals surface area contributed by atoms with Gasteiger partial charge in [0.15, 0.2) is 0 Å². The average molecular weight is 665 g/mol. The van der Waals surface area contributed by atoms with Crippen LogP contribution in [0.2, 0.25) is 0 Å². The van der Waals surface area contributed by atoms with Crippen LogP contribution in [0.5, 0.6) is 0 Å². The second kappa shape index (κ2) is 32.9. The summed E-state index contributed by atoms with van der Waals surface area (Å²) in [4.78, 5) is 22.5. The molecule has 0 heterocycles. The molecule has 0 aromatic rings. The number of carbonyl (C=O) groups is 1. The number of hydrogen-bond donors (Lipinski definition) is 4. The Morgan fingerprint density at radius 2 is 1.26 bits per heavy atom. The smallest absolute Gasteiger partial charge is 0.387 e. The molecule has 0 aliphatic rings. The van der Waals surface area contributed by atoms with E-state index in [2.05, 4.69) is 79.9 Å². The zero-order valence-corrected chi connectivity index (χ0v) is 29.7. The summed E-state index contributed by atoms with van der Waals surface area (Å²) in [6.07, 6.45) is 41.0. The molecule has 1 amide bonds. The first-order valence-electron chi connectivity index (χ1n) is 17.6. The van der Waals surface area contributed by atoms with Crippen LogP contribution in [0.15, 0.2) is 72.9 Å². The SMILES string of the molecule is CC/C=C\C/C=C\C/C=C\C/C=C\C/C=C\CCCC(=O)NC(COP(=O)(O)OCCN)C(O)/C=C/CCCCCCCCCC. The highest BCUT2D eigenvalue weighted by Crippen LogP contribution is 2.43. The van der Waals surface area contributed by atoms with Gasteiger partial charge in [-0.2, -0.15) is 0 Å². The van der Waals surface area contributed by atoms with Crippen LogP contribution in [-0.2, 0) is 18.4 Å². The first kappa shape index (κ1) is 43.9. The number of nitrogens with two attached hydrogens (primary N) is 1. The molecule has 8 nitrogen and oxygen atoms in total. The number of rotatable bonds is 31. The third-order valence-corrected chi connectivity index (χ3v) is 8.02. The lowest BCUT2D eigenvalue weighted by atomic mass is 10.1. The molecule has 0 aromatic carbocycles. The van der Waals surface area contributed by atoms with Gasteiger partial charge in [0, 0.05) is 13.0 Å². The third-order valence-electron chi connectivity index (χ3n) is 7.04. The molecule has 0 radical (unpaired) electrons. The molecule has 0 saturated carbocycles. The number of unbranched alkanes of at least 4 members (excludes halogenated alkanes) is 9. The summed E-state index contributed by atoms with van der Waals surface area (Å²) < 4.78 is 21.9. The van der Waals surface area contributed by atoms with Crippen molar-refractivity contribution < 1.29 is 28.4 Å². The Bertz CT molecular complexity index is 944. The van der Waals surface area contributed by atoms with Gasteiger partial charge in [0.1, 0.15) is 0 Å². The second-order valence-electron chi connectivity index (χ2n) is 11.3. The summed E-state index contributed by atoms with van der Waals surface area (Å²) in [6, 6.07) is -0.891. The molecule has 0 aromatic heterocycles. The summed E-state index contributed by atoms with van der Waals surface area (Å²) in [5.74, 6) is -0.257. The van der Waals surface area contributed by atoms with Crippen LogP contribution in [0.1, 0.15) is 123 Å². The molecule has 264 valence electrons. The van der Waals surface area contributed by atoms with E-state index in [0.717, 1.165) is 57.8 Å². The molecular weight excluding hydrogens is 599 g/mol. The molecule has 0 saturated heterocycles. The fraction of sp³-hybridized carbons (Fsp3) is 0.649. The number of allylic oxidation sites excluding steroid dienone is 11. The van der Waals surface area contributed by atoms with Crippen molar-refractivity contribution in [1.29, 1.82) is 0 Å². The van der Waals surface area contributed by atoms with Crippen LogP contribution < -0.4 is 11.1 Å². The van der Waals surface area contributed by atoms with Crippen LogP contribution >= 0.6 is 7.82 Å². The van der Waals surface area contributed by atoms with Gasteiger partial charge in [0.25, 0.3) is 0 Å². The Morgan fingerprint density at radius 1 is 0.739 bits per heavy atom. The molecule has 0 rings (SSSR count). The Kier molecular flexibility index (Phi) is 31.4. The standard InChI is InChI=1S/C37H65N2O6P/c1-3-5-7-9-11-13-15-16-17-18-19-20-21-23-25-27-29-31-37(41)39-35(34-45-46(42,43)44-33-32-38)36(40)30-28-26-24-22-14-12-10-8-6-4-2/h5,7,11,13,16-17,19-20,23,25,28,30,35-36,40H,3-4,6,8-10,12,14-15,18,21-22,24,26-27,29,31-34,38H2,1-2H3,(H,39,41)(H,42,43)/b7-5-,13-11-,17-16-,20-19-,25-23-,30-28+. The lowest BCUT2D eigenvalue weighted by molar-refractivity contribution is -0.122. The first-order chi connectivity index (χ1) is 22.4. The maximum atomic E-state index is 12.6. The van der Waals surface area contributed by atoms with Crippen molar-refractivity contribution in [3.8, 4) is 0 Å². The lowest BCUT2D eigenvalue weighted by Crippen LogP contribution is -2.45. The Morgan fingerprint density at radius 3 is 1.83 bits per heavy atom. The summed E-state index contributed by atoms with van der Waals surface area (Å²) in [7, 11) is -4.35. The van der Waals surface area contributed by atoms with Crippen molar-refractivity contribution >= 4 is 13.7 Å². The predicted molar refractivity (Wildman–Crippen MR) is 193 cm³/mol. The van der Waals surface area contributed by atoms with Crippen molar-refractivity contribution in [3.05, 3.63) is 72.9 Å². The van der Waals surface area contributed by atoms with E-state index in [-0.39, 0.29) is 32.1 Å². The van der Waals surface area contributed by atoms with Crippen LogP contribution in [0, 0.1) is 0 Å². The van der Waals surface area contributed by atoms with Gasteiger partial charge >= 0.3 is 7.82 Å². The Labute approximate surface area is 280 Å². The highest BCUT2D eigenvalue weighted by molar-refractivity contribution is 7.47. The molecule has 0 aliphatic heterocycles.